The molecule has 1 aromatic carbocycles. The third kappa shape index (κ3) is 2.57. The molecule has 98 valence electrons. The van der Waals surface area contributed by atoms with Gasteiger partial charge in [-0.15, -0.1) is 0 Å². The molecule has 1 aromatic rings. The van der Waals surface area contributed by atoms with E-state index in [1.807, 2.05) is 6.92 Å². The molecule has 0 amide bonds. The van der Waals surface area contributed by atoms with E-state index in [1.165, 1.54) is 6.07 Å². The lowest BCUT2D eigenvalue weighted by Crippen LogP contribution is -2.34. The summed E-state index contributed by atoms with van der Waals surface area (Å²) in [5.41, 5.74) is 0.534. The molecular weight excluding hydrogens is 253 g/mol. The van der Waals surface area contributed by atoms with Crippen molar-refractivity contribution in [1.82, 2.24) is 5.32 Å². The molecule has 1 aliphatic rings. The van der Waals surface area contributed by atoms with Crippen LogP contribution in [-0.4, -0.2) is 18.9 Å². The predicted octanol–water partition coefficient (Wildman–Crippen LogP) is 2.98. The number of nitrogens with one attached hydrogen (secondary N) is 1. The molecule has 0 aliphatic carbocycles. The fraction of sp³-hybridized carbons (Fsp3) is 0.500. The second-order valence-electron chi connectivity index (χ2n) is 4.91. The van der Waals surface area contributed by atoms with Crippen molar-refractivity contribution >= 4 is 17.4 Å². The van der Waals surface area contributed by atoms with Gasteiger partial charge in [0.1, 0.15) is 11.6 Å². The van der Waals surface area contributed by atoms with Gasteiger partial charge >= 0.3 is 0 Å². The number of Topliss-reactive ketones (excluding diaryl/α,β-unsaturated/α-hetero) is 1. The second kappa shape index (κ2) is 5.37. The van der Waals surface area contributed by atoms with Crippen molar-refractivity contribution in [3.63, 3.8) is 0 Å². The Morgan fingerprint density at radius 3 is 2.89 bits per heavy atom. The van der Waals surface area contributed by atoms with E-state index in [4.69, 9.17) is 11.6 Å². The summed E-state index contributed by atoms with van der Waals surface area (Å²) in [7, 11) is 0. The van der Waals surface area contributed by atoms with Crippen LogP contribution < -0.4 is 5.32 Å². The molecule has 1 atom stereocenters. The molecule has 0 spiro atoms. The van der Waals surface area contributed by atoms with Crippen LogP contribution in [0.25, 0.3) is 0 Å². The maximum Gasteiger partial charge on any atom is 0.144 e. The predicted molar refractivity (Wildman–Crippen MR) is 70.3 cm³/mol. The molecule has 1 heterocycles. The number of carbonyl (C=O) groups is 1. The molecule has 2 rings (SSSR count). The standard InChI is InChI=1S/C14H17ClFNO/c1-2-14(5-6-17-9-14)13(18)8-10-3-4-12(16)11(15)7-10/h3-4,7,17H,2,5-6,8-9H2,1H3. The van der Waals surface area contributed by atoms with E-state index in [9.17, 15) is 9.18 Å². The van der Waals surface area contributed by atoms with E-state index < -0.39 is 5.82 Å². The summed E-state index contributed by atoms with van der Waals surface area (Å²) in [6.07, 6.45) is 2.06. The van der Waals surface area contributed by atoms with Crippen LogP contribution in [0.3, 0.4) is 0 Å². The maximum absolute atomic E-state index is 13.1. The lowest BCUT2D eigenvalue weighted by atomic mass is 9.78. The molecule has 18 heavy (non-hydrogen) atoms. The van der Waals surface area contributed by atoms with Crippen molar-refractivity contribution < 1.29 is 9.18 Å². The molecule has 2 nitrogen and oxygen atoms in total. The fourth-order valence-corrected chi connectivity index (χ4v) is 2.71. The zero-order valence-electron chi connectivity index (χ0n) is 10.4. The van der Waals surface area contributed by atoms with Crippen LogP contribution in [0.1, 0.15) is 25.3 Å². The Hall–Kier alpha value is -0.930. The highest BCUT2D eigenvalue weighted by Crippen LogP contribution is 2.32. The number of carbonyl (C=O) groups excluding carboxylic acids is 1. The highest BCUT2D eigenvalue weighted by Gasteiger charge is 2.38. The topological polar surface area (TPSA) is 29.1 Å². The van der Waals surface area contributed by atoms with Crippen LogP contribution in [0.2, 0.25) is 5.02 Å². The quantitative estimate of drug-likeness (QED) is 0.910. The van der Waals surface area contributed by atoms with E-state index in [2.05, 4.69) is 5.32 Å². The lowest BCUT2D eigenvalue weighted by Gasteiger charge is -2.24. The lowest BCUT2D eigenvalue weighted by molar-refractivity contribution is -0.127. The number of ketones is 1. The summed E-state index contributed by atoms with van der Waals surface area (Å²) in [5, 5.41) is 3.32. The zero-order valence-corrected chi connectivity index (χ0v) is 11.2. The highest BCUT2D eigenvalue weighted by molar-refractivity contribution is 6.30. The summed E-state index contributed by atoms with van der Waals surface area (Å²) in [4.78, 5) is 12.4. The molecule has 0 saturated carbocycles. The first-order chi connectivity index (χ1) is 8.57. The molecule has 1 saturated heterocycles. The van der Waals surface area contributed by atoms with Gasteiger partial charge < -0.3 is 5.32 Å². The molecule has 0 aromatic heterocycles. The fourth-order valence-electron chi connectivity index (χ4n) is 2.50. The third-order valence-corrected chi connectivity index (χ3v) is 4.15. The van der Waals surface area contributed by atoms with E-state index in [0.29, 0.717) is 6.42 Å². The molecule has 1 fully saturated rings. The third-order valence-electron chi connectivity index (χ3n) is 3.86. The van der Waals surface area contributed by atoms with Crippen molar-refractivity contribution in [2.24, 2.45) is 5.41 Å². The van der Waals surface area contributed by atoms with Gasteiger partial charge in [0, 0.05) is 18.4 Å². The van der Waals surface area contributed by atoms with Crippen LogP contribution in [-0.2, 0) is 11.2 Å². The van der Waals surface area contributed by atoms with Gasteiger partial charge in [-0.2, -0.15) is 0 Å². The van der Waals surface area contributed by atoms with E-state index in [0.717, 1.165) is 31.5 Å². The summed E-state index contributed by atoms with van der Waals surface area (Å²) < 4.78 is 13.1. The van der Waals surface area contributed by atoms with Gasteiger partial charge in [-0.05, 0) is 37.1 Å². The van der Waals surface area contributed by atoms with Gasteiger partial charge in [-0.3, -0.25) is 4.79 Å². The van der Waals surface area contributed by atoms with Gasteiger partial charge in [0.15, 0.2) is 0 Å². The number of hydrogen-bond acceptors (Lipinski definition) is 2. The van der Waals surface area contributed by atoms with Gasteiger partial charge in [-0.1, -0.05) is 24.6 Å². The Labute approximate surface area is 112 Å². The van der Waals surface area contributed by atoms with Gasteiger partial charge in [0.25, 0.3) is 0 Å². The van der Waals surface area contributed by atoms with E-state index >= 15 is 0 Å². The van der Waals surface area contributed by atoms with E-state index in [1.54, 1.807) is 12.1 Å². The number of halogens is 2. The first-order valence-corrected chi connectivity index (χ1v) is 6.63. The summed E-state index contributed by atoms with van der Waals surface area (Å²) in [6, 6.07) is 4.49. The average Bonchev–Trinajstić information content (AvgIpc) is 2.84. The Morgan fingerprint density at radius 2 is 2.33 bits per heavy atom. The number of benzene rings is 1. The Kier molecular flexibility index (Phi) is 4.03. The summed E-state index contributed by atoms with van der Waals surface area (Å²) in [6.45, 7) is 3.68. The van der Waals surface area contributed by atoms with Gasteiger partial charge in [0.05, 0.1) is 5.02 Å². The molecule has 4 heteroatoms. The average molecular weight is 270 g/mol. The van der Waals surface area contributed by atoms with Crippen molar-refractivity contribution in [2.75, 3.05) is 13.1 Å². The van der Waals surface area contributed by atoms with Crippen LogP contribution in [0.5, 0.6) is 0 Å². The van der Waals surface area contributed by atoms with Crippen molar-refractivity contribution in [3.05, 3.63) is 34.6 Å². The monoisotopic (exact) mass is 269 g/mol. The van der Waals surface area contributed by atoms with Gasteiger partial charge in [0.2, 0.25) is 0 Å². The van der Waals surface area contributed by atoms with Crippen LogP contribution in [0, 0.1) is 11.2 Å². The summed E-state index contributed by atoms with van der Waals surface area (Å²) in [5.74, 6) is -0.224. The minimum atomic E-state index is -0.444. The summed E-state index contributed by atoms with van der Waals surface area (Å²) >= 11 is 5.73. The Balaban J connectivity index is 2.13. The molecule has 1 unspecified atom stereocenters. The zero-order chi connectivity index (χ0) is 13.2. The Bertz CT molecular complexity index is 455. The maximum atomic E-state index is 13.1. The SMILES string of the molecule is CCC1(C(=O)Cc2ccc(F)c(Cl)c2)CCNC1. The minimum Gasteiger partial charge on any atom is -0.316 e. The van der Waals surface area contributed by atoms with Crippen molar-refractivity contribution in [1.29, 1.82) is 0 Å². The first-order valence-electron chi connectivity index (χ1n) is 6.25. The minimum absolute atomic E-state index is 0.0791. The van der Waals surface area contributed by atoms with Crippen LogP contribution in [0.15, 0.2) is 18.2 Å². The van der Waals surface area contributed by atoms with Crippen LogP contribution >= 0.6 is 11.6 Å². The number of rotatable bonds is 4. The molecule has 1 N–H and O–H groups in total. The Morgan fingerprint density at radius 1 is 1.56 bits per heavy atom. The second-order valence-corrected chi connectivity index (χ2v) is 5.32. The molecule has 0 radical (unpaired) electrons. The largest absolute Gasteiger partial charge is 0.316 e. The first kappa shape index (κ1) is 13.5. The number of hydrogen-bond donors (Lipinski definition) is 1. The van der Waals surface area contributed by atoms with E-state index in [-0.39, 0.29) is 16.2 Å². The normalized spacial score (nSPS) is 23.3. The van der Waals surface area contributed by atoms with Crippen molar-refractivity contribution in [2.45, 2.75) is 26.2 Å². The highest BCUT2D eigenvalue weighted by atomic mass is 35.5. The van der Waals surface area contributed by atoms with Crippen molar-refractivity contribution in [3.8, 4) is 0 Å². The molecule has 1 aliphatic heterocycles. The molecular formula is C14H17ClFNO. The molecule has 0 bridgehead atoms. The van der Waals surface area contributed by atoms with Gasteiger partial charge in [-0.25, -0.2) is 4.39 Å². The van der Waals surface area contributed by atoms with Crippen LogP contribution in [0.4, 0.5) is 4.39 Å². The smallest absolute Gasteiger partial charge is 0.144 e.